The molecule has 1 atom stereocenters. The average Bonchev–Trinajstić information content (AvgIpc) is 2.92. The van der Waals surface area contributed by atoms with Gasteiger partial charge in [-0.25, -0.2) is 9.18 Å². The number of hydrogen-bond acceptors (Lipinski definition) is 4. The number of likely N-dealkylation sites (N-methyl/N-ethyl adjacent to an activating group) is 1. The third-order valence-corrected chi connectivity index (χ3v) is 4.83. The molecule has 2 N–H and O–H groups in total. The van der Waals surface area contributed by atoms with E-state index in [4.69, 9.17) is 0 Å². The van der Waals surface area contributed by atoms with E-state index in [2.05, 4.69) is 10.6 Å². The minimum absolute atomic E-state index is 0.258. The quantitative estimate of drug-likeness (QED) is 0.706. The van der Waals surface area contributed by atoms with E-state index in [0.29, 0.717) is 5.56 Å². The number of imide groups is 1. The summed E-state index contributed by atoms with van der Waals surface area (Å²) >= 11 is 0. The van der Waals surface area contributed by atoms with Gasteiger partial charge in [0.1, 0.15) is 17.9 Å². The molecule has 0 saturated carbocycles. The molecule has 5 amide bonds. The molecular weight excluding hydrogens is 391 g/mol. The topological polar surface area (TPSA) is 98.8 Å². The third kappa shape index (κ3) is 4.29. The smallest absolute Gasteiger partial charge is 0.325 e. The van der Waals surface area contributed by atoms with Gasteiger partial charge in [0.2, 0.25) is 11.8 Å². The molecule has 156 valence electrons. The number of carbonyl (C=O) groups is 4. The maximum Gasteiger partial charge on any atom is 0.325 e. The van der Waals surface area contributed by atoms with Crippen molar-refractivity contribution in [2.75, 3.05) is 25.5 Å². The second-order valence-corrected chi connectivity index (χ2v) is 7.12. The monoisotopic (exact) mass is 412 g/mol. The number of nitrogens with one attached hydrogen (secondary N) is 2. The zero-order valence-corrected chi connectivity index (χ0v) is 16.5. The standard InChI is InChI=1S/C21H21FN4O4/c1-21(14-7-4-3-5-8-14)19(29)26(20(30)24-21)13-18(28)25(2)12-17(27)23-16-10-6-9-15(22)11-16/h3-11H,12-13H2,1-2H3,(H,23,27)(H,24,30). The van der Waals surface area contributed by atoms with Crippen LogP contribution >= 0.6 is 0 Å². The summed E-state index contributed by atoms with van der Waals surface area (Å²) in [4.78, 5) is 51.7. The Morgan fingerprint density at radius 2 is 1.83 bits per heavy atom. The highest BCUT2D eigenvalue weighted by Crippen LogP contribution is 2.28. The molecule has 2 aromatic carbocycles. The molecule has 1 unspecified atom stereocenters. The summed E-state index contributed by atoms with van der Waals surface area (Å²) < 4.78 is 13.2. The number of nitrogens with zero attached hydrogens (tertiary/aromatic N) is 2. The first kappa shape index (κ1) is 21.0. The van der Waals surface area contributed by atoms with Crippen LogP contribution in [-0.4, -0.2) is 53.7 Å². The molecule has 0 aliphatic carbocycles. The van der Waals surface area contributed by atoms with Crippen LogP contribution < -0.4 is 10.6 Å². The number of anilines is 1. The Kier molecular flexibility index (Phi) is 5.81. The highest BCUT2D eigenvalue weighted by atomic mass is 19.1. The Labute approximate surface area is 172 Å². The van der Waals surface area contributed by atoms with Crippen molar-refractivity contribution in [2.24, 2.45) is 0 Å². The van der Waals surface area contributed by atoms with Crippen molar-refractivity contribution < 1.29 is 23.6 Å². The summed E-state index contributed by atoms with van der Waals surface area (Å²) in [5, 5.41) is 5.10. The van der Waals surface area contributed by atoms with Gasteiger partial charge in [0.05, 0.1) is 6.54 Å². The molecule has 0 aromatic heterocycles. The number of carbonyl (C=O) groups excluding carboxylic acids is 4. The molecule has 3 rings (SSSR count). The van der Waals surface area contributed by atoms with E-state index in [-0.39, 0.29) is 12.2 Å². The first-order chi connectivity index (χ1) is 14.2. The van der Waals surface area contributed by atoms with E-state index in [1.165, 1.54) is 25.2 Å². The zero-order chi connectivity index (χ0) is 21.9. The van der Waals surface area contributed by atoms with E-state index < -0.39 is 41.7 Å². The fourth-order valence-corrected chi connectivity index (χ4v) is 3.13. The predicted molar refractivity (Wildman–Crippen MR) is 107 cm³/mol. The van der Waals surface area contributed by atoms with Crippen LogP contribution in [0.2, 0.25) is 0 Å². The van der Waals surface area contributed by atoms with E-state index in [9.17, 15) is 23.6 Å². The highest BCUT2D eigenvalue weighted by molar-refractivity contribution is 6.09. The first-order valence-corrected chi connectivity index (χ1v) is 9.20. The molecule has 1 aliphatic heterocycles. The van der Waals surface area contributed by atoms with E-state index >= 15 is 0 Å². The summed E-state index contributed by atoms with van der Waals surface area (Å²) in [5.74, 6) is -2.19. The van der Waals surface area contributed by atoms with Crippen LogP contribution in [0.5, 0.6) is 0 Å². The lowest BCUT2D eigenvalue weighted by Gasteiger charge is -2.23. The fraction of sp³-hybridized carbons (Fsp3) is 0.238. The Hall–Kier alpha value is -3.75. The lowest BCUT2D eigenvalue weighted by molar-refractivity contribution is -0.139. The fourth-order valence-electron chi connectivity index (χ4n) is 3.13. The molecule has 1 saturated heterocycles. The summed E-state index contributed by atoms with van der Waals surface area (Å²) in [5.41, 5.74) is -0.416. The Balaban J connectivity index is 1.61. The predicted octanol–water partition coefficient (Wildman–Crippen LogP) is 1.69. The number of halogens is 1. The Morgan fingerprint density at radius 3 is 2.50 bits per heavy atom. The van der Waals surface area contributed by atoms with Gasteiger partial charge >= 0.3 is 6.03 Å². The SMILES string of the molecule is CN(CC(=O)Nc1cccc(F)c1)C(=O)CN1C(=O)NC(C)(c2ccccc2)C1=O. The molecule has 9 heteroatoms. The van der Waals surface area contributed by atoms with Gasteiger partial charge in [-0.3, -0.25) is 19.3 Å². The number of amides is 5. The van der Waals surface area contributed by atoms with Crippen molar-refractivity contribution in [2.45, 2.75) is 12.5 Å². The van der Waals surface area contributed by atoms with Crippen molar-refractivity contribution in [3.05, 3.63) is 66.0 Å². The Morgan fingerprint density at radius 1 is 1.13 bits per heavy atom. The van der Waals surface area contributed by atoms with E-state index in [1.807, 2.05) is 0 Å². The summed E-state index contributed by atoms with van der Waals surface area (Å²) in [7, 11) is 1.38. The number of hydrogen-bond donors (Lipinski definition) is 2. The van der Waals surface area contributed by atoms with Crippen LogP contribution in [0.25, 0.3) is 0 Å². The summed E-state index contributed by atoms with van der Waals surface area (Å²) in [6.07, 6.45) is 0. The van der Waals surface area contributed by atoms with E-state index in [0.717, 1.165) is 15.9 Å². The number of benzene rings is 2. The van der Waals surface area contributed by atoms with Crippen LogP contribution in [0.3, 0.4) is 0 Å². The number of urea groups is 1. The normalized spacial score (nSPS) is 18.2. The van der Waals surface area contributed by atoms with Crippen molar-refractivity contribution in [3.8, 4) is 0 Å². The van der Waals surface area contributed by atoms with Gasteiger partial charge in [-0.15, -0.1) is 0 Å². The van der Waals surface area contributed by atoms with Crippen molar-refractivity contribution in [3.63, 3.8) is 0 Å². The molecule has 0 spiro atoms. The summed E-state index contributed by atoms with van der Waals surface area (Å²) in [6.45, 7) is 0.745. The average molecular weight is 412 g/mol. The first-order valence-electron chi connectivity index (χ1n) is 9.20. The third-order valence-electron chi connectivity index (χ3n) is 4.83. The summed E-state index contributed by atoms with van der Waals surface area (Å²) in [6, 6.07) is 13.4. The molecule has 0 bridgehead atoms. The van der Waals surface area contributed by atoms with Crippen LogP contribution in [-0.2, 0) is 19.9 Å². The van der Waals surface area contributed by atoms with Crippen LogP contribution in [0.4, 0.5) is 14.9 Å². The largest absolute Gasteiger partial charge is 0.335 e. The van der Waals surface area contributed by atoms with Gasteiger partial charge in [0.15, 0.2) is 0 Å². The second kappa shape index (κ2) is 8.32. The molecular formula is C21H21FN4O4. The van der Waals surface area contributed by atoms with Gasteiger partial charge < -0.3 is 15.5 Å². The molecule has 1 heterocycles. The molecule has 0 radical (unpaired) electrons. The van der Waals surface area contributed by atoms with E-state index in [1.54, 1.807) is 37.3 Å². The van der Waals surface area contributed by atoms with Crippen LogP contribution in [0.15, 0.2) is 54.6 Å². The zero-order valence-electron chi connectivity index (χ0n) is 16.5. The van der Waals surface area contributed by atoms with Crippen molar-refractivity contribution in [1.29, 1.82) is 0 Å². The highest BCUT2D eigenvalue weighted by Gasteiger charge is 2.49. The lowest BCUT2D eigenvalue weighted by Crippen LogP contribution is -2.45. The maximum absolute atomic E-state index is 13.2. The minimum atomic E-state index is -1.27. The molecule has 1 aliphatic rings. The second-order valence-electron chi connectivity index (χ2n) is 7.12. The van der Waals surface area contributed by atoms with Gasteiger partial charge in [-0.05, 0) is 30.7 Å². The van der Waals surface area contributed by atoms with Gasteiger partial charge in [-0.1, -0.05) is 36.4 Å². The van der Waals surface area contributed by atoms with Crippen LogP contribution in [0, 0.1) is 5.82 Å². The van der Waals surface area contributed by atoms with Crippen molar-refractivity contribution in [1.82, 2.24) is 15.1 Å². The molecule has 1 fully saturated rings. The lowest BCUT2D eigenvalue weighted by atomic mass is 9.92. The Bertz CT molecular complexity index is 998. The minimum Gasteiger partial charge on any atom is -0.335 e. The molecule has 8 nitrogen and oxygen atoms in total. The van der Waals surface area contributed by atoms with Crippen LogP contribution in [0.1, 0.15) is 12.5 Å². The number of rotatable bonds is 6. The maximum atomic E-state index is 13.2. The van der Waals surface area contributed by atoms with Crippen molar-refractivity contribution >= 4 is 29.4 Å². The van der Waals surface area contributed by atoms with Gasteiger partial charge in [-0.2, -0.15) is 0 Å². The molecule has 30 heavy (non-hydrogen) atoms. The van der Waals surface area contributed by atoms with Gasteiger partial charge in [0, 0.05) is 12.7 Å². The molecule has 2 aromatic rings. The van der Waals surface area contributed by atoms with Gasteiger partial charge in [0.25, 0.3) is 5.91 Å².